The summed E-state index contributed by atoms with van der Waals surface area (Å²) >= 11 is 3.70. The molecule has 0 fully saturated rings. The Labute approximate surface area is 145 Å². The van der Waals surface area contributed by atoms with E-state index in [4.69, 9.17) is 0 Å². The van der Waals surface area contributed by atoms with Gasteiger partial charge in [-0.15, -0.1) is 0 Å². The van der Waals surface area contributed by atoms with Crippen LogP contribution in [0.25, 0.3) is 54.3 Å². The number of nitrogens with zero attached hydrogens (tertiary/aromatic N) is 1. The molecular formula is C21H11BrN2. The van der Waals surface area contributed by atoms with Crippen LogP contribution in [0.4, 0.5) is 0 Å². The highest BCUT2D eigenvalue weighted by atomic mass is 79.9. The molecular weight excluding hydrogens is 360 g/mol. The molecule has 0 bridgehead atoms. The van der Waals surface area contributed by atoms with Crippen LogP contribution in [-0.2, 0) is 0 Å². The summed E-state index contributed by atoms with van der Waals surface area (Å²) in [5.41, 5.74) is 3.28. The third kappa shape index (κ3) is 1.44. The van der Waals surface area contributed by atoms with Crippen molar-refractivity contribution in [2.75, 3.05) is 0 Å². The van der Waals surface area contributed by atoms with Crippen molar-refractivity contribution in [2.24, 2.45) is 0 Å². The van der Waals surface area contributed by atoms with Crippen LogP contribution in [0.2, 0.25) is 0 Å². The van der Waals surface area contributed by atoms with E-state index in [-0.39, 0.29) is 0 Å². The summed E-state index contributed by atoms with van der Waals surface area (Å²) in [4.78, 5) is 8.15. The van der Waals surface area contributed by atoms with Gasteiger partial charge in [-0.05, 0) is 56.6 Å². The van der Waals surface area contributed by atoms with E-state index in [1.807, 2.05) is 12.3 Å². The highest BCUT2D eigenvalue weighted by molar-refractivity contribution is 9.10. The van der Waals surface area contributed by atoms with Gasteiger partial charge in [-0.1, -0.05) is 46.3 Å². The molecule has 0 saturated carbocycles. The fourth-order valence-electron chi connectivity index (χ4n) is 4.04. The molecule has 0 radical (unpaired) electrons. The largest absolute Gasteiger partial charge is 0.353 e. The van der Waals surface area contributed by atoms with Crippen LogP contribution in [0.5, 0.6) is 0 Å². The van der Waals surface area contributed by atoms with Gasteiger partial charge >= 0.3 is 0 Å². The first-order valence-corrected chi connectivity index (χ1v) is 8.73. The summed E-state index contributed by atoms with van der Waals surface area (Å²) in [5.74, 6) is 0. The van der Waals surface area contributed by atoms with E-state index in [9.17, 15) is 0 Å². The molecule has 0 aliphatic rings. The molecule has 1 N–H and O–H groups in total. The minimum absolute atomic E-state index is 1.05. The van der Waals surface area contributed by atoms with E-state index >= 15 is 0 Å². The van der Waals surface area contributed by atoms with Gasteiger partial charge in [0.05, 0.1) is 11.0 Å². The normalized spacial score (nSPS) is 12.4. The summed E-state index contributed by atoms with van der Waals surface area (Å²) in [5, 5.41) is 8.93. The van der Waals surface area contributed by atoms with Gasteiger partial charge in [0.25, 0.3) is 0 Å². The second-order valence-electron chi connectivity index (χ2n) is 6.29. The number of pyridine rings is 1. The lowest BCUT2D eigenvalue weighted by Gasteiger charge is -2.12. The van der Waals surface area contributed by atoms with Crippen molar-refractivity contribution in [3.8, 4) is 0 Å². The minimum Gasteiger partial charge on any atom is -0.353 e. The first kappa shape index (κ1) is 12.7. The summed E-state index contributed by atoms with van der Waals surface area (Å²) in [7, 11) is 0. The van der Waals surface area contributed by atoms with Crippen molar-refractivity contribution in [3.63, 3.8) is 0 Å². The zero-order chi connectivity index (χ0) is 15.8. The molecule has 112 valence electrons. The molecule has 3 heteroatoms. The molecule has 6 rings (SSSR count). The number of aromatic amines is 1. The average Bonchev–Trinajstić information content (AvgIpc) is 2.99. The number of rotatable bonds is 0. The summed E-state index contributed by atoms with van der Waals surface area (Å²) in [6, 6.07) is 19.5. The molecule has 4 aromatic carbocycles. The Kier molecular flexibility index (Phi) is 2.25. The molecule has 2 aromatic heterocycles. The van der Waals surface area contributed by atoms with Crippen molar-refractivity contribution >= 4 is 70.2 Å². The van der Waals surface area contributed by atoms with Crippen molar-refractivity contribution in [1.29, 1.82) is 0 Å². The summed E-state index contributed by atoms with van der Waals surface area (Å²) in [6.45, 7) is 0. The van der Waals surface area contributed by atoms with E-state index < -0.39 is 0 Å². The fourth-order valence-corrected chi connectivity index (χ4v) is 4.51. The van der Waals surface area contributed by atoms with E-state index in [0.717, 1.165) is 21.0 Å². The number of H-pyrrole nitrogens is 1. The Morgan fingerprint density at radius 1 is 0.750 bits per heavy atom. The topological polar surface area (TPSA) is 28.7 Å². The Hall–Kier alpha value is -2.65. The van der Waals surface area contributed by atoms with Crippen molar-refractivity contribution in [3.05, 3.63) is 65.3 Å². The minimum atomic E-state index is 1.05. The molecule has 0 unspecified atom stereocenters. The summed E-state index contributed by atoms with van der Waals surface area (Å²) in [6.07, 6.45) is 1.87. The zero-order valence-electron chi connectivity index (χ0n) is 12.6. The smallest absolute Gasteiger partial charge is 0.0963 e. The van der Waals surface area contributed by atoms with Crippen LogP contribution in [0.1, 0.15) is 0 Å². The molecule has 0 atom stereocenters. The van der Waals surface area contributed by atoms with Gasteiger partial charge in [-0.2, -0.15) is 0 Å². The maximum Gasteiger partial charge on any atom is 0.0963 e. The second-order valence-corrected chi connectivity index (χ2v) is 7.15. The number of halogens is 1. The Morgan fingerprint density at radius 2 is 1.54 bits per heavy atom. The first-order chi connectivity index (χ1) is 11.8. The molecule has 0 aliphatic heterocycles. The SMILES string of the molecule is Brc1ccc2ccc3c4c(cc5ccc1c2c53)[nH]c1cccnc14. The van der Waals surface area contributed by atoms with E-state index in [0.29, 0.717) is 0 Å². The lowest BCUT2D eigenvalue weighted by molar-refractivity contribution is 1.42. The lowest BCUT2D eigenvalue weighted by Crippen LogP contribution is -1.85. The molecule has 2 heterocycles. The van der Waals surface area contributed by atoms with Gasteiger partial charge in [-0.3, -0.25) is 4.98 Å². The maximum absolute atomic E-state index is 4.63. The molecule has 2 nitrogen and oxygen atoms in total. The number of aromatic nitrogens is 2. The molecule has 0 amide bonds. The van der Waals surface area contributed by atoms with Crippen molar-refractivity contribution in [1.82, 2.24) is 9.97 Å². The first-order valence-electron chi connectivity index (χ1n) is 7.94. The number of hydrogen-bond donors (Lipinski definition) is 1. The maximum atomic E-state index is 4.63. The molecule has 24 heavy (non-hydrogen) atoms. The van der Waals surface area contributed by atoms with Crippen LogP contribution in [-0.4, -0.2) is 9.97 Å². The highest BCUT2D eigenvalue weighted by Crippen LogP contribution is 2.41. The third-order valence-electron chi connectivity index (χ3n) is 5.04. The van der Waals surface area contributed by atoms with Crippen molar-refractivity contribution in [2.45, 2.75) is 0 Å². The van der Waals surface area contributed by atoms with Crippen LogP contribution >= 0.6 is 15.9 Å². The Morgan fingerprint density at radius 3 is 2.50 bits per heavy atom. The van der Waals surface area contributed by atoms with Gasteiger partial charge in [0.1, 0.15) is 0 Å². The number of fused-ring (bicyclic) bond motifs is 4. The third-order valence-corrected chi connectivity index (χ3v) is 5.74. The van der Waals surface area contributed by atoms with Gasteiger partial charge in [0, 0.05) is 21.6 Å². The second kappa shape index (κ2) is 4.25. The monoisotopic (exact) mass is 370 g/mol. The van der Waals surface area contributed by atoms with Crippen LogP contribution in [0, 0.1) is 0 Å². The van der Waals surface area contributed by atoms with Crippen molar-refractivity contribution < 1.29 is 0 Å². The highest BCUT2D eigenvalue weighted by Gasteiger charge is 2.15. The van der Waals surface area contributed by atoms with E-state index in [1.165, 1.54) is 37.7 Å². The lowest BCUT2D eigenvalue weighted by atomic mass is 9.92. The van der Waals surface area contributed by atoms with Gasteiger partial charge in [-0.25, -0.2) is 0 Å². The predicted octanol–water partition coefficient (Wildman–Crippen LogP) is 6.38. The van der Waals surface area contributed by atoms with Gasteiger partial charge in [0.2, 0.25) is 0 Å². The quantitative estimate of drug-likeness (QED) is 0.309. The number of hydrogen-bond acceptors (Lipinski definition) is 1. The zero-order valence-corrected chi connectivity index (χ0v) is 14.2. The molecule has 0 aliphatic carbocycles. The van der Waals surface area contributed by atoms with E-state index in [1.54, 1.807) is 0 Å². The fraction of sp³-hybridized carbons (Fsp3) is 0. The standard InChI is InChI=1S/C21H11BrN2/c22-15-8-5-11-3-7-14-19-12(4-6-13(15)18(11)19)10-17-20(14)21-16(24-17)2-1-9-23-21/h1-10,24H. The van der Waals surface area contributed by atoms with Gasteiger partial charge in [0.15, 0.2) is 0 Å². The number of benzene rings is 4. The molecule has 0 saturated heterocycles. The van der Waals surface area contributed by atoms with Crippen LogP contribution in [0.3, 0.4) is 0 Å². The Balaban J connectivity index is 2.02. The van der Waals surface area contributed by atoms with Crippen LogP contribution in [0.15, 0.2) is 65.3 Å². The van der Waals surface area contributed by atoms with Crippen LogP contribution < -0.4 is 0 Å². The predicted molar refractivity (Wildman–Crippen MR) is 105 cm³/mol. The average molecular weight is 371 g/mol. The Bertz CT molecular complexity index is 1410. The summed E-state index contributed by atoms with van der Waals surface area (Å²) < 4.78 is 1.14. The molecule has 0 spiro atoms. The molecule has 6 aromatic rings. The van der Waals surface area contributed by atoms with Gasteiger partial charge < -0.3 is 4.98 Å². The van der Waals surface area contributed by atoms with E-state index in [2.05, 4.69) is 74.4 Å². The number of nitrogens with one attached hydrogen (secondary N) is 1.